The molecule has 6 nitrogen and oxygen atoms in total. The van der Waals surface area contributed by atoms with Crippen LogP contribution in [0.4, 0.5) is 4.39 Å². The molecule has 1 saturated carbocycles. The number of benzene rings is 1. The smallest absolute Gasteiger partial charge is 0.191 e. The molecule has 29 heavy (non-hydrogen) atoms. The zero-order valence-electron chi connectivity index (χ0n) is 17.6. The van der Waals surface area contributed by atoms with Crippen molar-refractivity contribution < 1.29 is 9.13 Å². The van der Waals surface area contributed by atoms with Crippen LogP contribution in [-0.2, 0) is 6.54 Å². The third-order valence-electron chi connectivity index (χ3n) is 4.94. The summed E-state index contributed by atoms with van der Waals surface area (Å²) in [6, 6.07) is 7.02. The van der Waals surface area contributed by atoms with E-state index in [1.165, 1.54) is 12.8 Å². The second kappa shape index (κ2) is 10.3. The van der Waals surface area contributed by atoms with Gasteiger partial charge in [0, 0.05) is 32.0 Å². The maximum Gasteiger partial charge on any atom is 0.191 e. The molecule has 158 valence electrons. The number of guanidine groups is 1. The topological polar surface area (TPSA) is 63.5 Å². The van der Waals surface area contributed by atoms with Crippen molar-refractivity contribution >= 4 is 5.96 Å². The molecule has 1 aliphatic rings. The molecule has 2 atom stereocenters. The maximum absolute atomic E-state index is 14.4. The summed E-state index contributed by atoms with van der Waals surface area (Å²) in [7, 11) is 0. The first-order valence-corrected chi connectivity index (χ1v) is 10.5. The summed E-state index contributed by atoms with van der Waals surface area (Å²) in [5, 5.41) is 10.9. The monoisotopic (exact) mass is 401 g/mol. The van der Waals surface area contributed by atoms with Gasteiger partial charge in [-0.3, -0.25) is 9.67 Å². The number of aromatic nitrogens is 2. The molecule has 0 aliphatic heterocycles. The standard InChI is InChI=1S/C22H32FN5O/c1-4-24-22(25-13-16(2)14-28-11-5-10-26-28)27-17(3)19-8-9-21(20(23)12-19)29-15-18-6-7-18/h5,8-12,16-18H,4,6-7,13-15H2,1-3H3,(H2,24,25,27). The van der Waals surface area contributed by atoms with Crippen molar-refractivity contribution in [3.8, 4) is 5.75 Å². The Kier molecular flexibility index (Phi) is 7.49. The van der Waals surface area contributed by atoms with Crippen molar-refractivity contribution in [2.75, 3.05) is 19.7 Å². The molecule has 1 aromatic carbocycles. The lowest BCUT2D eigenvalue weighted by Gasteiger charge is -2.19. The lowest BCUT2D eigenvalue weighted by molar-refractivity contribution is 0.285. The average Bonchev–Trinajstić information content (AvgIpc) is 3.39. The van der Waals surface area contributed by atoms with Gasteiger partial charge in [0.25, 0.3) is 0 Å². The van der Waals surface area contributed by atoms with E-state index in [2.05, 4.69) is 22.7 Å². The summed E-state index contributed by atoms with van der Waals surface area (Å²) >= 11 is 0. The highest BCUT2D eigenvalue weighted by Crippen LogP contribution is 2.30. The predicted octanol–water partition coefficient (Wildman–Crippen LogP) is 3.76. The van der Waals surface area contributed by atoms with Crippen LogP contribution in [0.3, 0.4) is 0 Å². The summed E-state index contributed by atoms with van der Waals surface area (Å²) in [5.74, 6) is 1.69. The van der Waals surface area contributed by atoms with Crippen molar-refractivity contribution in [1.82, 2.24) is 20.4 Å². The van der Waals surface area contributed by atoms with Gasteiger partial charge in [-0.1, -0.05) is 13.0 Å². The fourth-order valence-electron chi connectivity index (χ4n) is 3.04. The van der Waals surface area contributed by atoms with Gasteiger partial charge >= 0.3 is 0 Å². The first kappa shape index (κ1) is 21.1. The van der Waals surface area contributed by atoms with E-state index in [1.54, 1.807) is 18.3 Å². The summed E-state index contributed by atoms with van der Waals surface area (Å²) in [5.41, 5.74) is 0.858. The van der Waals surface area contributed by atoms with Crippen molar-refractivity contribution in [2.45, 2.75) is 46.2 Å². The number of halogens is 1. The van der Waals surface area contributed by atoms with E-state index in [1.807, 2.05) is 36.9 Å². The first-order valence-electron chi connectivity index (χ1n) is 10.5. The number of ether oxygens (including phenoxy) is 1. The highest BCUT2D eigenvalue weighted by atomic mass is 19.1. The molecule has 0 bridgehead atoms. The fraction of sp³-hybridized carbons (Fsp3) is 0.545. The van der Waals surface area contributed by atoms with Gasteiger partial charge in [0.1, 0.15) is 0 Å². The maximum atomic E-state index is 14.4. The van der Waals surface area contributed by atoms with Gasteiger partial charge < -0.3 is 15.4 Å². The predicted molar refractivity (Wildman–Crippen MR) is 114 cm³/mol. The van der Waals surface area contributed by atoms with Gasteiger partial charge in [-0.15, -0.1) is 0 Å². The quantitative estimate of drug-likeness (QED) is 0.470. The van der Waals surface area contributed by atoms with Gasteiger partial charge in [-0.2, -0.15) is 5.10 Å². The van der Waals surface area contributed by atoms with Crippen LogP contribution >= 0.6 is 0 Å². The number of aliphatic imine (C=N–C) groups is 1. The Hall–Kier alpha value is -2.57. The molecule has 2 aromatic rings. The normalized spacial score (nSPS) is 16.3. The van der Waals surface area contributed by atoms with E-state index in [0.29, 0.717) is 30.7 Å². The zero-order valence-corrected chi connectivity index (χ0v) is 17.6. The van der Waals surface area contributed by atoms with Crippen LogP contribution < -0.4 is 15.4 Å². The number of nitrogens with zero attached hydrogens (tertiary/aromatic N) is 3. The van der Waals surface area contributed by atoms with Crippen LogP contribution in [-0.4, -0.2) is 35.4 Å². The SMILES string of the molecule is CCNC(=NCC(C)Cn1cccn1)NC(C)c1ccc(OCC2CC2)c(F)c1. The van der Waals surface area contributed by atoms with E-state index in [0.717, 1.165) is 24.6 Å². The average molecular weight is 402 g/mol. The Balaban J connectivity index is 1.56. The molecular formula is C22H32FN5O. The molecule has 1 aromatic heterocycles. The Morgan fingerprint density at radius 1 is 1.38 bits per heavy atom. The molecule has 2 N–H and O–H groups in total. The molecule has 3 rings (SSSR count). The van der Waals surface area contributed by atoms with Gasteiger partial charge in [-0.05, 0) is 62.3 Å². The number of rotatable bonds is 10. The second-order valence-electron chi connectivity index (χ2n) is 7.86. The lowest BCUT2D eigenvalue weighted by atomic mass is 10.1. The van der Waals surface area contributed by atoms with E-state index in [9.17, 15) is 4.39 Å². The van der Waals surface area contributed by atoms with Crippen molar-refractivity contribution in [3.63, 3.8) is 0 Å². The Morgan fingerprint density at radius 2 is 2.21 bits per heavy atom. The fourth-order valence-corrected chi connectivity index (χ4v) is 3.04. The van der Waals surface area contributed by atoms with E-state index < -0.39 is 0 Å². The molecule has 1 aliphatic carbocycles. The Bertz CT molecular complexity index is 789. The van der Waals surface area contributed by atoms with Crippen LogP contribution in [0.5, 0.6) is 5.75 Å². The van der Waals surface area contributed by atoms with Gasteiger partial charge in [-0.25, -0.2) is 4.39 Å². The Labute approximate surface area is 172 Å². The largest absolute Gasteiger partial charge is 0.490 e. The third kappa shape index (κ3) is 6.76. The minimum absolute atomic E-state index is 0.0822. The molecule has 0 radical (unpaired) electrons. The van der Waals surface area contributed by atoms with Crippen LogP contribution in [0.2, 0.25) is 0 Å². The van der Waals surface area contributed by atoms with Crippen LogP contribution in [0, 0.1) is 17.7 Å². The highest BCUT2D eigenvalue weighted by Gasteiger charge is 2.22. The van der Waals surface area contributed by atoms with Crippen molar-refractivity contribution in [3.05, 3.63) is 48.0 Å². The Morgan fingerprint density at radius 3 is 2.86 bits per heavy atom. The second-order valence-corrected chi connectivity index (χ2v) is 7.86. The summed E-state index contributed by atoms with van der Waals surface area (Å²) in [6.07, 6.45) is 6.12. The molecule has 0 saturated heterocycles. The molecule has 0 spiro atoms. The summed E-state index contributed by atoms with van der Waals surface area (Å²) in [4.78, 5) is 4.69. The van der Waals surface area contributed by atoms with E-state index >= 15 is 0 Å². The van der Waals surface area contributed by atoms with Gasteiger partial charge in [0.15, 0.2) is 17.5 Å². The van der Waals surface area contributed by atoms with Crippen LogP contribution in [0.25, 0.3) is 0 Å². The summed E-state index contributed by atoms with van der Waals surface area (Å²) < 4.78 is 21.9. The molecule has 1 fully saturated rings. The van der Waals surface area contributed by atoms with E-state index in [-0.39, 0.29) is 11.9 Å². The molecule has 2 unspecified atom stereocenters. The number of nitrogens with one attached hydrogen (secondary N) is 2. The van der Waals surface area contributed by atoms with Crippen molar-refractivity contribution in [2.24, 2.45) is 16.8 Å². The molecular weight excluding hydrogens is 369 g/mol. The molecule has 1 heterocycles. The van der Waals surface area contributed by atoms with Crippen molar-refractivity contribution in [1.29, 1.82) is 0 Å². The van der Waals surface area contributed by atoms with Crippen LogP contribution in [0.15, 0.2) is 41.7 Å². The number of hydrogen-bond donors (Lipinski definition) is 2. The van der Waals surface area contributed by atoms with Gasteiger partial charge in [0.2, 0.25) is 0 Å². The van der Waals surface area contributed by atoms with Gasteiger partial charge in [0.05, 0.1) is 12.6 Å². The minimum atomic E-state index is -0.313. The number of hydrogen-bond acceptors (Lipinski definition) is 3. The minimum Gasteiger partial charge on any atom is -0.490 e. The lowest BCUT2D eigenvalue weighted by Crippen LogP contribution is -2.39. The third-order valence-corrected chi connectivity index (χ3v) is 4.94. The molecule has 7 heteroatoms. The summed E-state index contributed by atoms with van der Waals surface area (Å²) in [6.45, 7) is 9.03. The molecule has 0 amide bonds. The van der Waals surface area contributed by atoms with Crippen LogP contribution in [0.1, 0.15) is 45.2 Å². The highest BCUT2D eigenvalue weighted by molar-refractivity contribution is 5.80. The first-order chi connectivity index (χ1) is 14.0. The van der Waals surface area contributed by atoms with E-state index in [4.69, 9.17) is 9.73 Å². The zero-order chi connectivity index (χ0) is 20.6.